The van der Waals surface area contributed by atoms with Crippen LogP contribution in [0.25, 0.3) is 0 Å². The van der Waals surface area contributed by atoms with Crippen LogP contribution in [0, 0.1) is 38.2 Å². The predicted molar refractivity (Wildman–Crippen MR) is 88.0 cm³/mol. The molecule has 0 N–H and O–H groups in total. The van der Waals surface area contributed by atoms with Gasteiger partial charge in [0.05, 0.1) is 0 Å². The van der Waals surface area contributed by atoms with E-state index < -0.39 is 0 Å². The highest BCUT2D eigenvalue weighted by molar-refractivity contribution is 5.28. The molecule has 2 aromatic rings. The molecule has 0 spiro atoms. The van der Waals surface area contributed by atoms with Crippen molar-refractivity contribution in [2.45, 2.75) is 48.5 Å². The second-order valence-corrected chi connectivity index (χ2v) is 6.18. The molecule has 0 aliphatic rings. The Labute approximate surface area is 138 Å². The van der Waals surface area contributed by atoms with E-state index in [9.17, 15) is 0 Å². The lowest BCUT2D eigenvalue weighted by molar-refractivity contribution is -0.328. The molecule has 2 rings (SSSR count). The minimum Gasteiger partial charge on any atom is -0.0683 e. The van der Waals surface area contributed by atoms with Gasteiger partial charge in [-0.05, 0) is 69.0 Å². The lowest BCUT2D eigenvalue weighted by atomic mass is 10.1. The van der Waals surface area contributed by atoms with Gasteiger partial charge in [-0.3, -0.25) is 0 Å². The Morgan fingerprint density at radius 2 is 1.05 bits per heavy atom. The normalized spacial score (nSPS) is 9.00. The Hall–Kier alpha value is -0.830. The molecule has 0 aromatic heterocycles. The summed E-state index contributed by atoms with van der Waals surface area (Å²) in [6.07, 6.45) is 0. The smallest absolute Gasteiger partial charge is 0.0683 e. The zero-order valence-corrected chi connectivity index (χ0v) is 16.2. The summed E-state index contributed by atoms with van der Waals surface area (Å²) in [5.74, 6) is 0. The summed E-state index contributed by atoms with van der Waals surface area (Å²) >= 11 is 2.05. The van der Waals surface area contributed by atoms with Gasteiger partial charge in [0, 0.05) is 0 Å². The molecule has 1 heteroatoms. The number of benzene rings is 2. The van der Waals surface area contributed by atoms with E-state index in [1.54, 1.807) is 0 Å². The van der Waals surface area contributed by atoms with E-state index in [1.807, 2.05) is 36.4 Å². The Kier molecular flexibility index (Phi) is 9.56. The number of hydrogen-bond acceptors (Lipinski definition) is 0. The van der Waals surface area contributed by atoms with Crippen LogP contribution >= 0.6 is 0 Å². The van der Waals surface area contributed by atoms with Crippen molar-refractivity contribution in [3.8, 4) is 0 Å². The van der Waals surface area contributed by atoms with Crippen LogP contribution in [0.2, 0.25) is 0 Å². The van der Waals surface area contributed by atoms with Crippen molar-refractivity contribution < 1.29 is 22.6 Å². The molecule has 0 unspecified atom stereocenters. The van der Waals surface area contributed by atoms with E-state index in [2.05, 4.69) is 71.0 Å². The van der Waals surface area contributed by atoms with E-state index in [0.717, 1.165) is 0 Å². The van der Waals surface area contributed by atoms with Crippen molar-refractivity contribution in [1.82, 2.24) is 0 Å². The summed E-state index contributed by atoms with van der Waals surface area (Å²) in [7, 11) is 0. The Morgan fingerprint density at radius 1 is 0.600 bits per heavy atom. The van der Waals surface area contributed by atoms with Gasteiger partial charge in [0.1, 0.15) is 0 Å². The number of hydrogen-bond donors (Lipinski definition) is 0. The molecular formula is C19H28I+. The van der Waals surface area contributed by atoms with Gasteiger partial charge in [0.2, 0.25) is 0 Å². The van der Waals surface area contributed by atoms with Crippen LogP contribution in [0.4, 0.5) is 0 Å². The number of rotatable bonds is 0. The average molecular weight is 383 g/mol. The second kappa shape index (κ2) is 9.98. The number of halogens is 1. The average Bonchev–Trinajstić information content (AvgIpc) is 2.42. The highest BCUT2D eigenvalue weighted by atomic mass is 127. The van der Waals surface area contributed by atoms with E-state index in [1.165, 1.54) is 31.4 Å². The molecule has 0 fully saturated rings. The summed E-state index contributed by atoms with van der Waals surface area (Å²) in [5, 5.41) is 0. The summed E-state index contributed by atoms with van der Waals surface area (Å²) in [6, 6.07) is 13.0. The van der Waals surface area contributed by atoms with Gasteiger partial charge in [0.25, 0.3) is 22.6 Å². The Bertz CT molecular complexity index is 478. The zero-order chi connectivity index (χ0) is 15.7. The Balaban J connectivity index is 0.000000321. The number of aryl methyl sites for hydroxylation is 5. The third-order valence-electron chi connectivity index (χ3n) is 3.14. The van der Waals surface area contributed by atoms with Gasteiger partial charge in [0.15, 0.2) is 3.57 Å². The van der Waals surface area contributed by atoms with Gasteiger partial charge in [-0.25, -0.2) is 0 Å². The highest BCUT2D eigenvalue weighted by Crippen LogP contribution is 2.07. The predicted octanol–water partition coefficient (Wildman–Crippen LogP) is 2.40. The van der Waals surface area contributed by atoms with Crippen LogP contribution < -0.4 is 22.6 Å². The molecule has 2 aromatic carbocycles. The van der Waals surface area contributed by atoms with Gasteiger partial charge >= 0.3 is 0 Å². The van der Waals surface area contributed by atoms with E-state index in [0.29, 0.717) is 0 Å². The molecule has 0 bridgehead atoms. The fourth-order valence-electron chi connectivity index (χ4n) is 1.61. The summed E-state index contributed by atoms with van der Waals surface area (Å²) in [4.78, 5) is 0. The molecule has 110 valence electrons. The monoisotopic (exact) mass is 383 g/mol. The molecule has 0 aliphatic carbocycles. The first kappa shape index (κ1) is 19.2. The van der Waals surface area contributed by atoms with Crippen molar-refractivity contribution in [2.75, 3.05) is 0 Å². The first-order valence-corrected chi connectivity index (χ1v) is 8.35. The Morgan fingerprint density at radius 3 is 1.40 bits per heavy atom. The maximum atomic E-state index is 2.21. The minimum absolute atomic E-state index is 1.35. The van der Waals surface area contributed by atoms with Crippen LogP contribution in [0.15, 0.2) is 36.4 Å². The van der Waals surface area contributed by atoms with Crippen LogP contribution in [0.5, 0.6) is 0 Å². The SMILES string of the molecule is CC.Cc1ccc(C)c(C)c1.Cc1ccc([IH+])cc1C. The topological polar surface area (TPSA) is 0 Å². The maximum absolute atomic E-state index is 2.21. The van der Waals surface area contributed by atoms with Gasteiger partial charge in [-0.1, -0.05) is 43.7 Å². The van der Waals surface area contributed by atoms with E-state index in [-0.39, 0.29) is 0 Å². The highest BCUT2D eigenvalue weighted by Gasteiger charge is 1.96. The standard InChI is InChI=1S/C9H12.C8H10I.C2H6/c1-7-4-5-8(2)9(3)6-7;1-6-3-4-8(9)5-7(6)2;1-2/h4-6H,1-3H3;3-5,9H,1-2H3;1-2H3/q;+1;. The zero-order valence-electron chi connectivity index (χ0n) is 13.9. The molecular weight excluding hydrogens is 355 g/mol. The van der Waals surface area contributed by atoms with Crippen molar-refractivity contribution in [3.05, 3.63) is 67.8 Å². The van der Waals surface area contributed by atoms with Gasteiger partial charge in [-0.2, -0.15) is 0 Å². The van der Waals surface area contributed by atoms with Crippen LogP contribution in [0.1, 0.15) is 41.7 Å². The molecule has 20 heavy (non-hydrogen) atoms. The maximum Gasteiger partial charge on any atom is 0.296 e. The first-order valence-electron chi connectivity index (χ1n) is 7.18. The fraction of sp³-hybridized carbons (Fsp3) is 0.368. The molecule has 0 nitrogen and oxygen atoms in total. The second-order valence-electron chi connectivity index (χ2n) is 4.83. The van der Waals surface area contributed by atoms with Crippen molar-refractivity contribution in [1.29, 1.82) is 0 Å². The van der Waals surface area contributed by atoms with Crippen molar-refractivity contribution in [3.63, 3.8) is 0 Å². The third-order valence-corrected chi connectivity index (χ3v) is 3.87. The molecule has 0 aliphatic heterocycles. The molecule has 0 heterocycles. The van der Waals surface area contributed by atoms with Crippen LogP contribution in [-0.2, 0) is 0 Å². The first-order chi connectivity index (χ1) is 9.40. The summed E-state index contributed by atoms with van der Waals surface area (Å²) < 4.78 is 1.36. The van der Waals surface area contributed by atoms with E-state index >= 15 is 0 Å². The molecule has 0 saturated carbocycles. The third kappa shape index (κ3) is 7.09. The van der Waals surface area contributed by atoms with Gasteiger partial charge in [-0.15, -0.1) is 0 Å². The van der Waals surface area contributed by atoms with Crippen molar-refractivity contribution >= 4 is 0 Å². The largest absolute Gasteiger partial charge is 0.296 e. The minimum atomic E-state index is 1.35. The molecule has 0 amide bonds. The van der Waals surface area contributed by atoms with Crippen LogP contribution in [-0.4, -0.2) is 0 Å². The molecule has 0 saturated heterocycles. The van der Waals surface area contributed by atoms with Crippen molar-refractivity contribution in [2.24, 2.45) is 0 Å². The molecule has 0 radical (unpaired) electrons. The van der Waals surface area contributed by atoms with E-state index in [4.69, 9.17) is 0 Å². The lowest BCUT2D eigenvalue weighted by Crippen LogP contribution is -3.34. The van der Waals surface area contributed by atoms with Gasteiger partial charge < -0.3 is 0 Å². The lowest BCUT2D eigenvalue weighted by Gasteiger charge is -1.98. The molecule has 0 atom stereocenters. The summed E-state index contributed by atoms with van der Waals surface area (Å²) in [5.41, 5.74) is 6.87. The van der Waals surface area contributed by atoms with Crippen LogP contribution in [0.3, 0.4) is 0 Å². The summed E-state index contributed by atoms with van der Waals surface area (Å²) in [6.45, 7) is 14.7. The quantitative estimate of drug-likeness (QED) is 0.613. The fourth-order valence-corrected chi connectivity index (χ4v) is 2.30.